The zero-order valence-electron chi connectivity index (χ0n) is 12.6. The van der Waals surface area contributed by atoms with Gasteiger partial charge in [0, 0.05) is 17.3 Å². The van der Waals surface area contributed by atoms with Crippen molar-refractivity contribution in [3.63, 3.8) is 0 Å². The summed E-state index contributed by atoms with van der Waals surface area (Å²) in [4.78, 5) is 7.89. The molecular weight excluding hydrogens is 296 g/mol. The molecular formula is C20H10N4. The summed E-state index contributed by atoms with van der Waals surface area (Å²) in [5.41, 5.74) is 3.94. The van der Waals surface area contributed by atoms with E-state index in [1.54, 1.807) is 12.3 Å². The Bertz CT molecular complexity index is 1010. The number of hydrogen-bond acceptors (Lipinski definition) is 3. The van der Waals surface area contributed by atoms with E-state index in [-0.39, 0.29) is 11.1 Å². The fraction of sp³-hybridized carbons (Fsp3) is 0. The molecule has 110 valence electrons. The van der Waals surface area contributed by atoms with Crippen LogP contribution in [0.3, 0.4) is 0 Å². The lowest BCUT2D eigenvalue weighted by Gasteiger charge is -2.07. The van der Waals surface area contributed by atoms with E-state index in [9.17, 15) is 5.26 Å². The van der Waals surface area contributed by atoms with Crippen LogP contribution in [0.2, 0.25) is 0 Å². The summed E-state index contributed by atoms with van der Waals surface area (Å²) < 4.78 is 0. The summed E-state index contributed by atoms with van der Waals surface area (Å²) in [5, 5.41) is 18.3. The minimum absolute atomic E-state index is 0.202. The summed E-state index contributed by atoms with van der Waals surface area (Å²) in [6.45, 7) is 7.31. The Morgan fingerprint density at radius 2 is 1.58 bits per heavy atom. The highest BCUT2D eigenvalue weighted by molar-refractivity contribution is 5.80. The molecule has 0 fully saturated rings. The highest BCUT2D eigenvalue weighted by Crippen LogP contribution is 2.32. The van der Waals surface area contributed by atoms with Crippen LogP contribution in [0, 0.1) is 29.2 Å². The van der Waals surface area contributed by atoms with Crippen LogP contribution in [0.15, 0.2) is 60.8 Å². The highest BCUT2D eigenvalue weighted by Gasteiger charge is 2.12. The predicted octanol–water partition coefficient (Wildman–Crippen LogP) is 4.71. The van der Waals surface area contributed by atoms with Gasteiger partial charge in [-0.3, -0.25) is 4.98 Å². The smallest absolute Gasteiger partial charge is 0.197 e. The van der Waals surface area contributed by atoms with Crippen molar-refractivity contribution >= 4 is 5.69 Å². The third-order valence-corrected chi connectivity index (χ3v) is 3.64. The molecule has 1 aromatic heterocycles. The van der Waals surface area contributed by atoms with Crippen molar-refractivity contribution in [2.24, 2.45) is 0 Å². The molecule has 0 spiro atoms. The second-order valence-electron chi connectivity index (χ2n) is 5.05. The normalized spacial score (nSPS) is 9.54. The molecule has 3 rings (SSSR count). The molecule has 0 atom stereocenters. The highest BCUT2D eigenvalue weighted by atomic mass is 14.7. The second-order valence-corrected chi connectivity index (χ2v) is 5.05. The number of benzene rings is 2. The average Bonchev–Trinajstić information content (AvgIpc) is 2.67. The maximum atomic E-state index is 9.18. The van der Waals surface area contributed by atoms with Crippen LogP contribution in [0.25, 0.3) is 27.2 Å². The SMILES string of the molecule is [C-]#[N+]c1cc(C#N)c(C#N)cc1-c1ccc(-c2ccccc2)cn1. The van der Waals surface area contributed by atoms with E-state index < -0.39 is 0 Å². The Hall–Kier alpha value is -3.94. The molecule has 0 aliphatic rings. The maximum absolute atomic E-state index is 9.18. The standard InChI is InChI=1S/C20H10N4/c1-23-20-10-17(12-22)16(11-21)9-18(20)19-8-7-15(13-24-19)14-5-3-2-4-6-14/h2-10,13H. The van der Waals surface area contributed by atoms with Gasteiger partial charge in [0.1, 0.15) is 6.07 Å². The topological polar surface area (TPSA) is 64.8 Å². The Kier molecular flexibility index (Phi) is 4.02. The number of nitrogens with zero attached hydrogens (tertiary/aromatic N) is 4. The molecule has 4 nitrogen and oxygen atoms in total. The van der Waals surface area contributed by atoms with E-state index in [0.29, 0.717) is 16.9 Å². The van der Waals surface area contributed by atoms with Crippen LogP contribution in [0.1, 0.15) is 11.1 Å². The molecule has 24 heavy (non-hydrogen) atoms. The van der Waals surface area contributed by atoms with E-state index in [1.165, 1.54) is 6.07 Å². The van der Waals surface area contributed by atoms with Crippen molar-refractivity contribution < 1.29 is 0 Å². The number of aromatic nitrogens is 1. The van der Waals surface area contributed by atoms with Gasteiger partial charge in [-0.05, 0) is 23.8 Å². The fourth-order valence-corrected chi connectivity index (χ4v) is 2.43. The maximum Gasteiger partial charge on any atom is 0.197 e. The molecule has 0 amide bonds. The van der Waals surface area contributed by atoms with E-state index in [2.05, 4.69) is 9.83 Å². The first-order valence-electron chi connectivity index (χ1n) is 7.14. The Morgan fingerprint density at radius 1 is 0.875 bits per heavy atom. The lowest BCUT2D eigenvalue weighted by atomic mass is 10.00. The molecule has 0 bridgehead atoms. The van der Waals surface area contributed by atoms with Crippen LogP contribution < -0.4 is 0 Å². The molecule has 0 saturated heterocycles. The monoisotopic (exact) mass is 306 g/mol. The van der Waals surface area contributed by atoms with Crippen LogP contribution >= 0.6 is 0 Å². The minimum atomic E-state index is 0.202. The summed E-state index contributed by atoms with van der Waals surface area (Å²) in [6, 6.07) is 20.5. The molecule has 0 aliphatic carbocycles. The van der Waals surface area contributed by atoms with Gasteiger partial charge in [0.25, 0.3) is 0 Å². The second kappa shape index (κ2) is 6.44. The quantitative estimate of drug-likeness (QED) is 0.644. The first-order valence-corrected chi connectivity index (χ1v) is 7.14. The molecule has 2 aromatic carbocycles. The van der Waals surface area contributed by atoms with E-state index in [1.807, 2.05) is 54.6 Å². The third-order valence-electron chi connectivity index (χ3n) is 3.64. The van der Waals surface area contributed by atoms with Gasteiger partial charge in [-0.1, -0.05) is 36.4 Å². The van der Waals surface area contributed by atoms with Crippen molar-refractivity contribution in [3.8, 4) is 34.5 Å². The summed E-state index contributed by atoms with van der Waals surface area (Å²) in [6.07, 6.45) is 1.74. The van der Waals surface area contributed by atoms with Crippen LogP contribution in [0.4, 0.5) is 5.69 Å². The Labute approximate surface area is 139 Å². The van der Waals surface area contributed by atoms with Crippen molar-refractivity contribution in [1.82, 2.24) is 4.98 Å². The van der Waals surface area contributed by atoms with Crippen molar-refractivity contribution in [2.75, 3.05) is 0 Å². The van der Waals surface area contributed by atoms with Gasteiger partial charge in [0.2, 0.25) is 0 Å². The van der Waals surface area contributed by atoms with Gasteiger partial charge >= 0.3 is 0 Å². The molecule has 0 N–H and O–H groups in total. The van der Waals surface area contributed by atoms with E-state index in [4.69, 9.17) is 11.8 Å². The van der Waals surface area contributed by atoms with Crippen LogP contribution in [-0.4, -0.2) is 4.98 Å². The van der Waals surface area contributed by atoms with Crippen molar-refractivity contribution in [1.29, 1.82) is 10.5 Å². The molecule has 0 unspecified atom stereocenters. The lowest BCUT2D eigenvalue weighted by molar-refractivity contribution is 1.32. The lowest BCUT2D eigenvalue weighted by Crippen LogP contribution is -1.90. The summed E-state index contributed by atoms with van der Waals surface area (Å²) >= 11 is 0. The summed E-state index contributed by atoms with van der Waals surface area (Å²) in [5.74, 6) is 0. The largest absolute Gasteiger partial charge is 0.257 e. The fourth-order valence-electron chi connectivity index (χ4n) is 2.43. The third kappa shape index (κ3) is 2.71. The first kappa shape index (κ1) is 15.0. The van der Waals surface area contributed by atoms with Gasteiger partial charge in [0.05, 0.1) is 29.5 Å². The number of hydrogen-bond donors (Lipinski definition) is 0. The zero-order valence-corrected chi connectivity index (χ0v) is 12.6. The molecule has 1 heterocycles. The van der Waals surface area contributed by atoms with E-state index >= 15 is 0 Å². The molecule has 3 aromatic rings. The van der Waals surface area contributed by atoms with Gasteiger partial charge in [-0.2, -0.15) is 10.5 Å². The van der Waals surface area contributed by atoms with Crippen molar-refractivity contribution in [3.05, 3.63) is 83.3 Å². The minimum Gasteiger partial charge on any atom is -0.257 e. The average molecular weight is 306 g/mol. The van der Waals surface area contributed by atoms with Crippen molar-refractivity contribution in [2.45, 2.75) is 0 Å². The summed E-state index contributed by atoms with van der Waals surface area (Å²) in [7, 11) is 0. The predicted molar refractivity (Wildman–Crippen MR) is 90.8 cm³/mol. The van der Waals surface area contributed by atoms with Gasteiger partial charge in [0.15, 0.2) is 5.69 Å². The molecule has 0 saturated carbocycles. The van der Waals surface area contributed by atoms with Gasteiger partial charge in [-0.25, -0.2) is 4.85 Å². The van der Waals surface area contributed by atoms with Gasteiger partial charge in [-0.15, -0.1) is 0 Å². The Morgan fingerprint density at radius 3 is 2.17 bits per heavy atom. The number of pyridine rings is 1. The zero-order chi connectivity index (χ0) is 16.9. The van der Waals surface area contributed by atoms with E-state index in [0.717, 1.165) is 11.1 Å². The number of rotatable bonds is 2. The molecule has 0 radical (unpaired) electrons. The molecule has 0 aliphatic heterocycles. The molecule has 4 heteroatoms. The number of nitriles is 2. The van der Waals surface area contributed by atoms with Crippen LogP contribution in [0.5, 0.6) is 0 Å². The Balaban J connectivity index is 2.09. The first-order chi connectivity index (χ1) is 11.8. The van der Waals surface area contributed by atoms with Gasteiger partial charge < -0.3 is 0 Å². The van der Waals surface area contributed by atoms with Crippen LogP contribution in [-0.2, 0) is 0 Å².